The quantitative estimate of drug-likeness (QED) is 0.724. The van der Waals surface area contributed by atoms with Crippen LogP contribution < -0.4 is 5.32 Å². The molecule has 0 saturated carbocycles. The Balaban J connectivity index is 4.34. The second kappa shape index (κ2) is 6.86. The molecule has 1 atom stereocenters. The Labute approximate surface area is 98.7 Å². The molecule has 0 saturated heterocycles. The molecule has 4 heteroatoms. The van der Waals surface area contributed by atoms with Crippen LogP contribution >= 0.6 is 0 Å². The first-order valence-corrected chi connectivity index (χ1v) is 5.79. The predicted molar refractivity (Wildman–Crippen MR) is 64.3 cm³/mol. The van der Waals surface area contributed by atoms with Gasteiger partial charge >= 0.3 is 0 Å². The first-order chi connectivity index (χ1) is 7.35. The molecule has 0 radical (unpaired) electrons. The van der Waals surface area contributed by atoms with E-state index in [1.807, 2.05) is 6.92 Å². The van der Waals surface area contributed by atoms with Gasteiger partial charge in [0.15, 0.2) is 0 Å². The van der Waals surface area contributed by atoms with Gasteiger partial charge in [-0.25, -0.2) is 0 Å². The molecular formula is C12H25NO3. The summed E-state index contributed by atoms with van der Waals surface area (Å²) in [6, 6.07) is 0.0295. The number of carbonyl (C=O) groups is 1. The zero-order valence-corrected chi connectivity index (χ0v) is 11.3. The number of nitrogens with one attached hydrogen (secondary N) is 1. The van der Waals surface area contributed by atoms with Gasteiger partial charge in [-0.1, -0.05) is 13.8 Å². The largest absolute Gasteiger partial charge is 0.380 e. The summed E-state index contributed by atoms with van der Waals surface area (Å²) in [6.07, 6.45) is 0. The molecule has 0 rings (SSSR count). The second-order valence-electron chi connectivity index (χ2n) is 4.70. The molecule has 0 aliphatic carbocycles. The van der Waals surface area contributed by atoms with Crippen LogP contribution in [0.4, 0.5) is 0 Å². The third-order valence-corrected chi connectivity index (χ3v) is 2.68. The average molecular weight is 231 g/mol. The maximum Gasteiger partial charge on any atom is 0.251 e. The fourth-order valence-electron chi connectivity index (χ4n) is 1.08. The lowest BCUT2D eigenvalue weighted by atomic mass is 10.0. The highest BCUT2D eigenvalue weighted by atomic mass is 16.5. The van der Waals surface area contributed by atoms with Crippen LogP contribution in [0.3, 0.4) is 0 Å². The van der Waals surface area contributed by atoms with Gasteiger partial charge in [0, 0.05) is 13.7 Å². The Morgan fingerprint density at radius 3 is 2.31 bits per heavy atom. The van der Waals surface area contributed by atoms with Gasteiger partial charge in [-0.05, 0) is 26.7 Å². The van der Waals surface area contributed by atoms with Gasteiger partial charge in [-0.2, -0.15) is 0 Å². The Morgan fingerprint density at radius 2 is 1.94 bits per heavy atom. The summed E-state index contributed by atoms with van der Waals surface area (Å²) in [7, 11) is 1.53. The number of hydrogen-bond donors (Lipinski definition) is 1. The lowest BCUT2D eigenvalue weighted by Gasteiger charge is -2.28. The first kappa shape index (κ1) is 15.4. The molecule has 0 fully saturated rings. The molecule has 0 heterocycles. The first-order valence-electron chi connectivity index (χ1n) is 5.79. The summed E-state index contributed by atoms with van der Waals surface area (Å²) in [5.74, 6) is 0.233. The summed E-state index contributed by atoms with van der Waals surface area (Å²) >= 11 is 0. The molecule has 0 spiro atoms. The van der Waals surface area contributed by atoms with E-state index in [0.717, 1.165) is 0 Å². The Morgan fingerprint density at radius 1 is 1.38 bits per heavy atom. The van der Waals surface area contributed by atoms with Crippen LogP contribution in [0.15, 0.2) is 0 Å². The van der Waals surface area contributed by atoms with Gasteiger partial charge in [0.05, 0.1) is 12.6 Å². The molecule has 0 aromatic heterocycles. The molecule has 0 aromatic carbocycles. The standard InChI is InChI=1S/C12H25NO3/c1-7-16-8-10(9(2)3)13-11(14)12(4,5)15-6/h9-10H,7-8H2,1-6H3,(H,13,14). The maximum absolute atomic E-state index is 11.9. The Bertz CT molecular complexity index is 214. The number of amides is 1. The molecule has 1 N–H and O–H groups in total. The summed E-state index contributed by atoms with van der Waals surface area (Å²) in [6.45, 7) is 10.8. The molecule has 1 amide bonds. The molecule has 1 unspecified atom stereocenters. The molecule has 0 aromatic rings. The highest BCUT2D eigenvalue weighted by molar-refractivity contribution is 5.84. The number of ether oxygens (including phenoxy) is 2. The number of carbonyl (C=O) groups excluding carboxylic acids is 1. The van der Waals surface area contributed by atoms with Crippen molar-refractivity contribution in [1.29, 1.82) is 0 Å². The average Bonchev–Trinajstić information content (AvgIpc) is 2.23. The van der Waals surface area contributed by atoms with Crippen LogP contribution in [0.5, 0.6) is 0 Å². The zero-order valence-electron chi connectivity index (χ0n) is 11.3. The summed E-state index contributed by atoms with van der Waals surface area (Å²) < 4.78 is 10.5. The molecule has 0 aliphatic heterocycles. The molecule has 96 valence electrons. The van der Waals surface area contributed by atoms with Crippen molar-refractivity contribution >= 4 is 5.91 Å². The summed E-state index contributed by atoms with van der Waals surface area (Å²) in [4.78, 5) is 11.9. The van der Waals surface area contributed by atoms with Crippen LogP contribution in [0.1, 0.15) is 34.6 Å². The van der Waals surface area contributed by atoms with E-state index in [4.69, 9.17) is 9.47 Å². The van der Waals surface area contributed by atoms with Gasteiger partial charge in [0.1, 0.15) is 5.60 Å². The molecule has 16 heavy (non-hydrogen) atoms. The van der Waals surface area contributed by atoms with Crippen molar-refractivity contribution in [2.75, 3.05) is 20.3 Å². The van der Waals surface area contributed by atoms with Crippen molar-refractivity contribution < 1.29 is 14.3 Å². The lowest BCUT2D eigenvalue weighted by Crippen LogP contribution is -2.51. The lowest BCUT2D eigenvalue weighted by molar-refractivity contribution is -0.141. The fourth-order valence-corrected chi connectivity index (χ4v) is 1.08. The highest BCUT2D eigenvalue weighted by Crippen LogP contribution is 2.10. The van der Waals surface area contributed by atoms with Crippen molar-refractivity contribution in [2.45, 2.75) is 46.3 Å². The fraction of sp³-hybridized carbons (Fsp3) is 0.917. The van der Waals surface area contributed by atoms with Gasteiger partial charge < -0.3 is 14.8 Å². The number of methoxy groups -OCH3 is 1. The third kappa shape index (κ3) is 4.94. The van der Waals surface area contributed by atoms with Crippen molar-refractivity contribution in [3.05, 3.63) is 0 Å². The van der Waals surface area contributed by atoms with E-state index in [1.54, 1.807) is 13.8 Å². The summed E-state index contributed by atoms with van der Waals surface area (Å²) in [5.41, 5.74) is -0.792. The van der Waals surface area contributed by atoms with E-state index in [2.05, 4.69) is 19.2 Å². The van der Waals surface area contributed by atoms with Crippen LogP contribution in [0.2, 0.25) is 0 Å². The predicted octanol–water partition coefficient (Wildman–Crippen LogP) is 1.59. The SMILES string of the molecule is CCOCC(NC(=O)C(C)(C)OC)C(C)C. The van der Waals surface area contributed by atoms with Crippen molar-refractivity contribution in [3.63, 3.8) is 0 Å². The van der Waals surface area contributed by atoms with Crippen molar-refractivity contribution in [2.24, 2.45) is 5.92 Å². The Hall–Kier alpha value is -0.610. The van der Waals surface area contributed by atoms with Gasteiger partial charge in [0.2, 0.25) is 0 Å². The maximum atomic E-state index is 11.9. The minimum atomic E-state index is -0.792. The topological polar surface area (TPSA) is 47.6 Å². The van der Waals surface area contributed by atoms with Crippen LogP contribution in [-0.4, -0.2) is 37.9 Å². The van der Waals surface area contributed by atoms with E-state index in [9.17, 15) is 4.79 Å². The minimum Gasteiger partial charge on any atom is -0.380 e. The van der Waals surface area contributed by atoms with Crippen molar-refractivity contribution in [3.8, 4) is 0 Å². The Kier molecular flexibility index (Phi) is 6.60. The second-order valence-corrected chi connectivity index (χ2v) is 4.70. The molecule has 0 bridgehead atoms. The smallest absolute Gasteiger partial charge is 0.251 e. The highest BCUT2D eigenvalue weighted by Gasteiger charge is 2.29. The van der Waals surface area contributed by atoms with E-state index in [1.165, 1.54) is 7.11 Å². The van der Waals surface area contributed by atoms with Crippen LogP contribution in [0.25, 0.3) is 0 Å². The van der Waals surface area contributed by atoms with Crippen LogP contribution in [-0.2, 0) is 14.3 Å². The van der Waals surface area contributed by atoms with E-state index >= 15 is 0 Å². The molecule has 0 aliphatic rings. The number of rotatable bonds is 7. The van der Waals surface area contributed by atoms with Gasteiger partial charge in [0.25, 0.3) is 5.91 Å². The monoisotopic (exact) mass is 231 g/mol. The zero-order chi connectivity index (χ0) is 12.8. The minimum absolute atomic E-state index is 0.0295. The number of hydrogen-bond acceptors (Lipinski definition) is 3. The van der Waals surface area contributed by atoms with Gasteiger partial charge in [-0.15, -0.1) is 0 Å². The molecule has 4 nitrogen and oxygen atoms in total. The van der Waals surface area contributed by atoms with Crippen LogP contribution in [0, 0.1) is 5.92 Å². The van der Waals surface area contributed by atoms with Crippen molar-refractivity contribution in [1.82, 2.24) is 5.32 Å². The third-order valence-electron chi connectivity index (χ3n) is 2.68. The van der Waals surface area contributed by atoms with E-state index < -0.39 is 5.60 Å². The van der Waals surface area contributed by atoms with E-state index in [-0.39, 0.29) is 11.9 Å². The molecular weight excluding hydrogens is 206 g/mol. The van der Waals surface area contributed by atoms with E-state index in [0.29, 0.717) is 19.1 Å². The summed E-state index contributed by atoms with van der Waals surface area (Å²) in [5, 5.41) is 2.95. The normalized spacial score (nSPS) is 13.9. The van der Waals surface area contributed by atoms with Gasteiger partial charge in [-0.3, -0.25) is 4.79 Å².